The van der Waals surface area contributed by atoms with Gasteiger partial charge in [-0.1, -0.05) is 19.6 Å². The molecule has 0 spiro atoms. The van der Waals surface area contributed by atoms with E-state index in [2.05, 4.69) is 51.6 Å². The molecule has 4 rings (SSSR count). The summed E-state index contributed by atoms with van der Waals surface area (Å²) in [6.45, 7) is 8.25. The van der Waals surface area contributed by atoms with E-state index in [0.717, 1.165) is 21.5 Å². The van der Waals surface area contributed by atoms with Gasteiger partial charge in [-0.15, -0.1) is 0 Å². The molecule has 1 aliphatic heterocycles. The summed E-state index contributed by atoms with van der Waals surface area (Å²) in [7, 11) is -1.15. The van der Waals surface area contributed by atoms with Gasteiger partial charge in [-0.25, -0.2) is 9.97 Å². The van der Waals surface area contributed by atoms with Crippen LogP contribution in [0.2, 0.25) is 25.7 Å². The summed E-state index contributed by atoms with van der Waals surface area (Å²) >= 11 is 3.63. The van der Waals surface area contributed by atoms with E-state index < -0.39 is 8.07 Å². The lowest BCUT2D eigenvalue weighted by molar-refractivity contribution is 0.0898. The van der Waals surface area contributed by atoms with Crippen molar-refractivity contribution in [2.75, 3.05) is 13.4 Å². The van der Waals surface area contributed by atoms with Gasteiger partial charge >= 0.3 is 0 Å². The normalized spacial score (nSPS) is 13.1. The van der Waals surface area contributed by atoms with E-state index in [1.807, 2.05) is 29.0 Å². The topological polar surface area (TPSA) is 82.2 Å². The lowest BCUT2D eigenvalue weighted by atomic mass is 10.1. The largest absolute Gasteiger partial charge is 0.454 e. The van der Waals surface area contributed by atoms with Crippen molar-refractivity contribution in [1.29, 1.82) is 5.26 Å². The Morgan fingerprint density at radius 1 is 1.24 bits per heavy atom. The number of rotatable bonds is 6. The number of aromatic nitrogens is 3. The van der Waals surface area contributed by atoms with Crippen LogP contribution in [-0.2, 0) is 11.5 Å². The molecule has 2 aromatic heterocycles. The Labute approximate surface area is 178 Å². The highest BCUT2D eigenvalue weighted by Crippen LogP contribution is 2.39. The summed E-state index contributed by atoms with van der Waals surface area (Å²) in [5, 5.41) is 10.3. The van der Waals surface area contributed by atoms with Crippen LogP contribution in [0.1, 0.15) is 5.82 Å². The minimum Gasteiger partial charge on any atom is -0.454 e. The SMILES string of the molecule is C[Si](C)(C)CCOCn1cc(Br)c2c(-c3ccc4c(c3)OCO4)nc(C#N)nc21. The van der Waals surface area contributed by atoms with Gasteiger partial charge in [0.25, 0.3) is 0 Å². The summed E-state index contributed by atoms with van der Waals surface area (Å²) < 4.78 is 19.5. The van der Waals surface area contributed by atoms with Gasteiger partial charge in [-0.3, -0.25) is 0 Å². The maximum atomic E-state index is 9.46. The van der Waals surface area contributed by atoms with Crippen LogP contribution < -0.4 is 9.47 Å². The van der Waals surface area contributed by atoms with Crippen molar-refractivity contribution < 1.29 is 14.2 Å². The average Bonchev–Trinajstić information content (AvgIpc) is 3.27. The van der Waals surface area contributed by atoms with Crippen molar-refractivity contribution in [3.8, 4) is 28.8 Å². The highest BCUT2D eigenvalue weighted by Gasteiger charge is 2.20. The highest BCUT2D eigenvalue weighted by atomic mass is 79.9. The number of hydrogen-bond donors (Lipinski definition) is 0. The van der Waals surface area contributed by atoms with E-state index in [9.17, 15) is 5.26 Å². The average molecular weight is 473 g/mol. The lowest BCUT2D eigenvalue weighted by Crippen LogP contribution is -2.22. The summed E-state index contributed by atoms with van der Waals surface area (Å²) in [5.74, 6) is 1.48. The molecule has 0 saturated carbocycles. The minimum atomic E-state index is -1.15. The van der Waals surface area contributed by atoms with Crippen molar-refractivity contribution in [3.05, 3.63) is 34.7 Å². The molecule has 0 bridgehead atoms. The number of ether oxygens (including phenoxy) is 3. The third-order valence-electron chi connectivity index (χ3n) is 4.64. The van der Waals surface area contributed by atoms with Gasteiger partial charge < -0.3 is 18.8 Å². The molecule has 1 aliphatic rings. The number of benzene rings is 1. The van der Waals surface area contributed by atoms with Gasteiger partial charge in [0, 0.05) is 30.9 Å². The van der Waals surface area contributed by atoms with Crippen molar-refractivity contribution in [3.63, 3.8) is 0 Å². The Morgan fingerprint density at radius 2 is 2.03 bits per heavy atom. The molecule has 0 aliphatic carbocycles. The standard InChI is InChI=1S/C20H21BrN4O3Si/c1-29(2,3)7-6-26-11-25-10-14(21)18-19(23-17(9-22)24-20(18)25)13-4-5-15-16(8-13)28-12-27-15/h4-5,8,10H,6-7,11-12H2,1-3H3. The van der Waals surface area contributed by atoms with Crippen LogP contribution in [0.3, 0.4) is 0 Å². The Morgan fingerprint density at radius 3 is 2.79 bits per heavy atom. The van der Waals surface area contributed by atoms with Crippen LogP contribution in [-0.4, -0.2) is 36.0 Å². The first kappa shape index (κ1) is 19.9. The Hall–Kier alpha value is -2.41. The zero-order chi connectivity index (χ0) is 20.6. The molecule has 3 heterocycles. The zero-order valence-corrected chi connectivity index (χ0v) is 19.1. The number of hydrogen-bond acceptors (Lipinski definition) is 6. The first-order chi connectivity index (χ1) is 13.9. The van der Waals surface area contributed by atoms with Crippen LogP contribution in [0.25, 0.3) is 22.3 Å². The molecule has 0 fully saturated rings. The third kappa shape index (κ3) is 4.15. The second-order valence-electron chi connectivity index (χ2n) is 8.07. The fourth-order valence-electron chi connectivity index (χ4n) is 3.08. The smallest absolute Gasteiger partial charge is 0.234 e. The number of fused-ring (bicyclic) bond motifs is 2. The minimum absolute atomic E-state index is 0.110. The van der Waals surface area contributed by atoms with E-state index in [1.165, 1.54) is 0 Å². The van der Waals surface area contributed by atoms with E-state index in [0.29, 0.717) is 36.2 Å². The van der Waals surface area contributed by atoms with E-state index in [1.54, 1.807) is 0 Å². The molecule has 150 valence electrons. The number of nitrogens with zero attached hydrogens (tertiary/aromatic N) is 4. The fourth-order valence-corrected chi connectivity index (χ4v) is 4.45. The maximum absolute atomic E-state index is 9.46. The summed E-state index contributed by atoms with van der Waals surface area (Å²) in [6.07, 6.45) is 1.92. The first-order valence-corrected chi connectivity index (χ1v) is 13.8. The third-order valence-corrected chi connectivity index (χ3v) is 6.95. The maximum Gasteiger partial charge on any atom is 0.234 e. The van der Waals surface area contributed by atoms with Gasteiger partial charge in [0.1, 0.15) is 18.4 Å². The first-order valence-electron chi connectivity index (χ1n) is 9.30. The van der Waals surface area contributed by atoms with E-state index in [4.69, 9.17) is 14.2 Å². The van der Waals surface area contributed by atoms with Crippen molar-refractivity contribution >= 4 is 35.0 Å². The Balaban J connectivity index is 1.72. The van der Waals surface area contributed by atoms with Crippen LogP contribution in [0.5, 0.6) is 11.5 Å². The number of nitriles is 1. The van der Waals surface area contributed by atoms with Gasteiger partial charge in [-0.05, 0) is 40.2 Å². The van der Waals surface area contributed by atoms with Gasteiger partial charge in [0.05, 0.1) is 11.1 Å². The number of halogens is 1. The van der Waals surface area contributed by atoms with Gasteiger partial charge in [0.2, 0.25) is 12.6 Å². The molecule has 0 unspecified atom stereocenters. The second kappa shape index (κ2) is 7.78. The molecular weight excluding hydrogens is 452 g/mol. The van der Waals surface area contributed by atoms with Crippen molar-refractivity contribution in [2.24, 2.45) is 0 Å². The van der Waals surface area contributed by atoms with Crippen molar-refractivity contribution in [1.82, 2.24) is 14.5 Å². The second-order valence-corrected chi connectivity index (χ2v) is 14.5. The predicted octanol–water partition coefficient (Wildman–Crippen LogP) is 4.77. The molecule has 9 heteroatoms. The monoisotopic (exact) mass is 472 g/mol. The molecule has 0 radical (unpaired) electrons. The fraction of sp³-hybridized carbons (Fsp3) is 0.350. The van der Waals surface area contributed by atoms with Crippen molar-refractivity contribution in [2.45, 2.75) is 32.4 Å². The van der Waals surface area contributed by atoms with Crippen LogP contribution in [0, 0.1) is 11.3 Å². The zero-order valence-electron chi connectivity index (χ0n) is 16.5. The summed E-state index contributed by atoms with van der Waals surface area (Å²) in [4.78, 5) is 8.90. The Kier molecular flexibility index (Phi) is 5.33. The van der Waals surface area contributed by atoms with E-state index >= 15 is 0 Å². The molecule has 1 aromatic carbocycles. The molecule has 29 heavy (non-hydrogen) atoms. The summed E-state index contributed by atoms with van der Waals surface area (Å²) in [5.41, 5.74) is 2.15. The molecule has 0 amide bonds. The molecule has 7 nitrogen and oxygen atoms in total. The molecular formula is C20H21BrN4O3Si. The predicted molar refractivity (Wildman–Crippen MR) is 116 cm³/mol. The van der Waals surface area contributed by atoms with Gasteiger partial charge in [-0.2, -0.15) is 5.26 Å². The van der Waals surface area contributed by atoms with Crippen LogP contribution in [0.15, 0.2) is 28.9 Å². The molecule has 0 N–H and O–H groups in total. The van der Waals surface area contributed by atoms with Crippen LogP contribution in [0.4, 0.5) is 0 Å². The summed E-state index contributed by atoms with van der Waals surface area (Å²) in [6, 6.07) is 8.79. The Bertz CT molecular complexity index is 1120. The molecule has 0 saturated heterocycles. The quantitative estimate of drug-likeness (QED) is 0.379. The van der Waals surface area contributed by atoms with Gasteiger partial charge in [0.15, 0.2) is 11.5 Å². The lowest BCUT2D eigenvalue weighted by Gasteiger charge is -2.15. The van der Waals surface area contributed by atoms with E-state index in [-0.39, 0.29) is 12.6 Å². The molecule has 3 aromatic rings. The highest BCUT2D eigenvalue weighted by molar-refractivity contribution is 9.10. The molecule has 0 atom stereocenters. The van der Waals surface area contributed by atoms with Crippen LogP contribution >= 0.6 is 15.9 Å².